The molecule has 0 bridgehead atoms. The van der Waals surface area contributed by atoms with Gasteiger partial charge < -0.3 is 0 Å². The van der Waals surface area contributed by atoms with Crippen molar-refractivity contribution < 1.29 is 0 Å². The van der Waals surface area contributed by atoms with Gasteiger partial charge in [0.25, 0.3) is 0 Å². The average Bonchev–Trinajstić information content (AvgIpc) is 2.51. The van der Waals surface area contributed by atoms with E-state index in [-0.39, 0.29) is 0 Å². The number of aromatic nitrogens is 1. The molecular weight excluding hydrogens is 190 g/mol. The van der Waals surface area contributed by atoms with Crippen LogP contribution in [0.2, 0.25) is 0 Å². The Bertz CT molecular complexity index is 290. The molecule has 3 nitrogen and oxygen atoms in total. The lowest BCUT2D eigenvalue weighted by Gasteiger charge is -1.96. The second kappa shape index (κ2) is 4.27. The van der Waals surface area contributed by atoms with E-state index in [4.69, 9.17) is 12.2 Å². The fourth-order valence-electron chi connectivity index (χ4n) is 0.613. The number of thiazole rings is 1. The second-order valence-electron chi connectivity index (χ2n) is 2.20. The van der Waals surface area contributed by atoms with Gasteiger partial charge in [0.2, 0.25) is 0 Å². The molecule has 64 valence electrons. The van der Waals surface area contributed by atoms with Crippen molar-refractivity contribution in [3.05, 3.63) is 16.6 Å². The molecule has 0 saturated carbocycles. The Balaban J connectivity index is 2.65. The molecule has 0 atom stereocenters. The van der Waals surface area contributed by atoms with Crippen molar-refractivity contribution >= 4 is 34.3 Å². The average molecular weight is 199 g/mol. The molecule has 0 aliphatic rings. The lowest BCUT2D eigenvalue weighted by molar-refractivity contribution is 1.03. The van der Waals surface area contributed by atoms with Crippen molar-refractivity contribution in [2.45, 2.75) is 13.8 Å². The van der Waals surface area contributed by atoms with Crippen molar-refractivity contribution in [3.63, 3.8) is 0 Å². The van der Waals surface area contributed by atoms with Crippen LogP contribution in [0.5, 0.6) is 0 Å². The van der Waals surface area contributed by atoms with Crippen LogP contribution in [0.4, 0.5) is 0 Å². The molecule has 1 aromatic rings. The molecule has 1 heterocycles. The third-order valence-corrected chi connectivity index (χ3v) is 2.10. The van der Waals surface area contributed by atoms with Gasteiger partial charge in [-0.05, 0) is 13.8 Å². The molecule has 1 aromatic heterocycles. The zero-order valence-electron chi connectivity index (χ0n) is 6.87. The van der Waals surface area contributed by atoms with E-state index in [1.807, 2.05) is 12.3 Å². The van der Waals surface area contributed by atoms with Gasteiger partial charge in [0.15, 0.2) is 0 Å². The fraction of sp³-hybridized carbons (Fsp3) is 0.286. The van der Waals surface area contributed by atoms with E-state index < -0.39 is 0 Å². The molecule has 0 spiro atoms. The zero-order chi connectivity index (χ0) is 8.97. The normalized spacial score (nSPS) is 11.3. The molecule has 0 aliphatic heterocycles. The van der Waals surface area contributed by atoms with Crippen LogP contribution < -0.4 is 5.43 Å². The van der Waals surface area contributed by atoms with Gasteiger partial charge in [0.1, 0.15) is 5.01 Å². The molecule has 0 aromatic carbocycles. The molecule has 1 rings (SSSR count). The highest BCUT2D eigenvalue weighted by Crippen LogP contribution is 2.04. The second-order valence-corrected chi connectivity index (χ2v) is 3.71. The molecule has 0 saturated heterocycles. The first-order chi connectivity index (χ1) is 5.70. The maximum Gasteiger partial charge on any atom is 0.139 e. The summed E-state index contributed by atoms with van der Waals surface area (Å²) < 4.78 is 0. The van der Waals surface area contributed by atoms with Crippen LogP contribution >= 0.6 is 23.6 Å². The Labute approximate surface area is 80.5 Å². The van der Waals surface area contributed by atoms with Gasteiger partial charge in [-0.25, -0.2) is 4.98 Å². The van der Waals surface area contributed by atoms with Crippen LogP contribution in [-0.4, -0.2) is 15.7 Å². The van der Waals surface area contributed by atoms with Gasteiger partial charge in [-0.15, -0.1) is 11.3 Å². The summed E-state index contributed by atoms with van der Waals surface area (Å²) in [6.07, 6.45) is 1.75. The maximum absolute atomic E-state index is 4.81. The summed E-state index contributed by atoms with van der Waals surface area (Å²) in [5, 5.41) is 6.87. The van der Waals surface area contributed by atoms with Gasteiger partial charge in [-0.2, -0.15) is 5.10 Å². The zero-order valence-corrected chi connectivity index (χ0v) is 8.50. The largest absolute Gasteiger partial charge is 0.272 e. The van der Waals surface area contributed by atoms with E-state index in [1.165, 1.54) is 0 Å². The van der Waals surface area contributed by atoms with Gasteiger partial charge in [0, 0.05) is 11.6 Å². The highest BCUT2D eigenvalue weighted by Gasteiger charge is 1.98. The molecule has 12 heavy (non-hydrogen) atoms. The fourth-order valence-corrected chi connectivity index (χ4v) is 1.25. The summed E-state index contributed by atoms with van der Waals surface area (Å²) in [4.78, 5) is 4.76. The van der Waals surface area contributed by atoms with E-state index in [9.17, 15) is 0 Å². The quantitative estimate of drug-likeness (QED) is 0.448. The van der Waals surface area contributed by atoms with E-state index in [0.717, 1.165) is 10.7 Å². The molecule has 0 radical (unpaired) electrons. The van der Waals surface area contributed by atoms with Crippen LogP contribution in [0, 0.1) is 0 Å². The van der Waals surface area contributed by atoms with Crippen LogP contribution in [0.25, 0.3) is 0 Å². The summed E-state index contributed by atoms with van der Waals surface area (Å²) in [6.45, 7) is 3.68. The molecule has 0 amide bonds. The Morgan fingerprint density at radius 3 is 2.92 bits per heavy atom. The lowest BCUT2D eigenvalue weighted by atomic mass is 10.5. The number of hydrogen-bond acceptors (Lipinski definition) is 4. The van der Waals surface area contributed by atoms with E-state index in [1.54, 1.807) is 24.5 Å². The Morgan fingerprint density at radius 1 is 1.67 bits per heavy atom. The molecular formula is C7H9N3S2. The van der Waals surface area contributed by atoms with Crippen LogP contribution in [0.3, 0.4) is 0 Å². The monoisotopic (exact) mass is 199 g/mol. The highest BCUT2D eigenvalue weighted by atomic mass is 32.1. The summed E-state index contributed by atoms with van der Waals surface area (Å²) in [7, 11) is 0. The standard InChI is InChI=1S/C7H9N3S2/c1-5(9-10-6(2)11)7-8-3-4-12-7/h3-4H,1-2H3,(H,10,11). The maximum atomic E-state index is 4.81. The summed E-state index contributed by atoms with van der Waals surface area (Å²) in [5.74, 6) is 0. The van der Waals surface area contributed by atoms with Gasteiger partial charge in [-0.3, -0.25) is 5.43 Å². The Kier molecular flexibility index (Phi) is 3.31. The summed E-state index contributed by atoms with van der Waals surface area (Å²) in [6, 6.07) is 0. The first-order valence-corrected chi connectivity index (χ1v) is 4.69. The minimum atomic E-state index is 0.658. The van der Waals surface area contributed by atoms with Gasteiger partial charge >= 0.3 is 0 Å². The number of hydrogen-bond donors (Lipinski definition) is 1. The number of rotatable bonds is 2. The van der Waals surface area contributed by atoms with Gasteiger partial charge in [0.05, 0.1) is 10.7 Å². The smallest absolute Gasteiger partial charge is 0.139 e. The minimum absolute atomic E-state index is 0.658. The summed E-state index contributed by atoms with van der Waals surface area (Å²) in [5.41, 5.74) is 3.58. The Hall–Kier alpha value is -0.810. The van der Waals surface area contributed by atoms with Crippen molar-refractivity contribution in [2.75, 3.05) is 0 Å². The minimum Gasteiger partial charge on any atom is -0.272 e. The topological polar surface area (TPSA) is 37.3 Å². The molecule has 0 aliphatic carbocycles. The van der Waals surface area contributed by atoms with E-state index in [0.29, 0.717) is 4.99 Å². The molecule has 0 unspecified atom stereocenters. The lowest BCUT2D eigenvalue weighted by Crippen LogP contribution is -2.13. The number of thiocarbonyl (C=S) groups is 1. The first-order valence-electron chi connectivity index (χ1n) is 3.41. The molecule has 0 fully saturated rings. The van der Waals surface area contributed by atoms with Crippen LogP contribution in [0.1, 0.15) is 18.9 Å². The summed E-state index contributed by atoms with van der Waals surface area (Å²) >= 11 is 6.37. The van der Waals surface area contributed by atoms with Gasteiger partial charge in [-0.1, -0.05) is 12.2 Å². The van der Waals surface area contributed by atoms with Crippen molar-refractivity contribution in [2.24, 2.45) is 5.10 Å². The van der Waals surface area contributed by atoms with Crippen LogP contribution in [0.15, 0.2) is 16.7 Å². The SMILES string of the molecule is CC(=S)NN=C(C)c1nccs1. The number of nitrogens with one attached hydrogen (secondary N) is 1. The van der Waals surface area contributed by atoms with Crippen molar-refractivity contribution in [1.29, 1.82) is 0 Å². The predicted molar refractivity (Wildman–Crippen MR) is 55.7 cm³/mol. The molecule has 5 heteroatoms. The molecule has 1 N–H and O–H groups in total. The third-order valence-electron chi connectivity index (χ3n) is 1.12. The van der Waals surface area contributed by atoms with Crippen molar-refractivity contribution in [3.8, 4) is 0 Å². The number of nitrogens with zero attached hydrogens (tertiary/aromatic N) is 2. The van der Waals surface area contributed by atoms with E-state index in [2.05, 4.69) is 15.5 Å². The third kappa shape index (κ3) is 2.67. The van der Waals surface area contributed by atoms with Crippen molar-refractivity contribution in [1.82, 2.24) is 10.4 Å². The van der Waals surface area contributed by atoms with E-state index >= 15 is 0 Å². The first kappa shape index (κ1) is 9.28. The Morgan fingerprint density at radius 2 is 2.42 bits per heavy atom. The number of hydrazone groups is 1. The predicted octanol–water partition coefficient (Wildman–Crippen LogP) is 1.80. The van der Waals surface area contributed by atoms with Crippen LogP contribution in [-0.2, 0) is 0 Å². The highest BCUT2D eigenvalue weighted by molar-refractivity contribution is 7.80.